The zero-order chi connectivity index (χ0) is 22.3. The molecule has 1 fully saturated rings. The lowest BCUT2D eigenvalue weighted by Gasteiger charge is -2.35. The Hall–Kier alpha value is -3.30. The first-order chi connectivity index (χ1) is 16.3. The second-order valence-corrected chi connectivity index (χ2v) is 9.30. The van der Waals surface area contributed by atoms with Crippen molar-refractivity contribution < 1.29 is 9.47 Å². The molecule has 0 saturated heterocycles. The summed E-state index contributed by atoms with van der Waals surface area (Å²) < 4.78 is 12.0. The largest absolute Gasteiger partial charge is 0.493 e. The molecule has 33 heavy (non-hydrogen) atoms. The second-order valence-electron chi connectivity index (χ2n) is 9.30. The quantitative estimate of drug-likeness (QED) is 0.383. The van der Waals surface area contributed by atoms with E-state index in [1.54, 1.807) is 7.11 Å². The van der Waals surface area contributed by atoms with Crippen LogP contribution in [0.3, 0.4) is 0 Å². The molecule has 1 atom stereocenters. The first-order valence-corrected chi connectivity index (χ1v) is 11.9. The Bertz CT molecular complexity index is 1290. The Balaban J connectivity index is 1.40. The van der Waals surface area contributed by atoms with Crippen LogP contribution < -0.4 is 14.8 Å². The average Bonchev–Trinajstić information content (AvgIpc) is 3.68. The van der Waals surface area contributed by atoms with Gasteiger partial charge in [0.1, 0.15) is 6.61 Å². The summed E-state index contributed by atoms with van der Waals surface area (Å²) in [5.74, 6) is 1.64. The summed E-state index contributed by atoms with van der Waals surface area (Å²) >= 11 is 0. The van der Waals surface area contributed by atoms with Crippen LogP contribution in [0.15, 0.2) is 84.9 Å². The van der Waals surface area contributed by atoms with Crippen molar-refractivity contribution in [2.24, 2.45) is 0 Å². The summed E-state index contributed by atoms with van der Waals surface area (Å²) in [6.45, 7) is 1.51. The number of nitrogens with one attached hydrogen (secondary N) is 1. The van der Waals surface area contributed by atoms with Gasteiger partial charge in [-0.25, -0.2) is 0 Å². The zero-order valence-corrected chi connectivity index (χ0v) is 19.0. The molecule has 0 radical (unpaired) electrons. The molecule has 4 aromatic rings. The van der Waals surface area contributed by atoms with E-state index in [4.69, 9.17) is 9.47 Å². The third-order valence-corrected chi connectivity index (χ3v) is 7.38. The van der Waals surface area contributed by atoms with Crippen molar-refractivity contribution in [3.05, 3.63) is 107 Å². The van der Waals surface area contributed by atoms with E-state index in [1.807, 2.05) is 18.2 Å². The Morgan fingerprint density at radius 3 is 2.48 bits per heavy atom. The Kier molecular flexibility index (Phi) is 5.07. The summed E-state index contributed by atoms with van der Waals surface area (Å²) in [5, 5.41) is 6.58. The van der Waals surface area contributed by atoms with E-state index < -0.39 is 0 Å². The van der Waals surface area contributed by atoms with E-state index in [0.717, 1.165) is 30.0 Å². The van der Waals surface area contributed by atoms with Crippen molar-refractivity contribution in [3.8, 4) is 11.5 Å². The number of methoxy groups -OCH3 is 1. The maximum Gasteiger partial charge on any atom is 0.162 e. The molecule has 3 nitrogen and oxygen atoms in total. The van der Waals surface area contributed by atoms with Gasteiger partial charge in [0, 0.05) is 11.5 Å². The number of fused-ring (bicyclic) bond motifs is 2. The molecule has 1 unspecified atom stereocenters. The van der Waals surface area contributed by atoms with E-state index in [9.17, 15) is 0 Å². The minimum Gasteiger partial charge on any atom is -0.493 e. The summed E-state index contributed by atoms with van der Waals surface area (Å²) in [7, 11) is 1.73. The van der Waals surface area contributed by atoms with Gasteiger partial charge in [-0.15, -0.1) is 0 Å². The van der Waals surface area contributed by atoms with Crippen molar-refractivity contribution in [1.82, 2.24) is 5.32 Å². The van der Waals surface area contributed by atoms with Crippen LogP contribution in [-0.4, -0.2) is 13.7 Å². The predicted molar refractivity (Wildman–Crippen MR) is 133 cm³/mol. The first-order valence-electron chi connectivity index (χ1n) is 11.9. The second kappa shape index (κ2) is 8.24. The maximum absolute atomic E-state index is 6.28. The molecular formula is C30H29NO2. The van der Waals surface area contributed by atoms with Crippen LogP contribution >= 0.6 is 0 Å². The molecule has 0 aromatic heterocycles. The molecule has 1 heterocycles. The monoisotopic (exact) mass is 435 g/mol. The number of hydrogen-bond donors (Lipinski definition) is 1. The summed E-state index contributed by atoms with van der Waals surface area (Å²) in [6, 6.07) is 30.6. The van der Waals surface area contributed by atoms with Crippen LogP contribution in [0.25, 0.3) is 10.8 Å². The molecule has 3 heteroatoms. The lowest BCUT2D eigenvalue weighted by atomic mass is 9.78. The lowest BCUT2D eigenvalue weighted by molar-refractivity contribution is 0.282. The highest BCUT2D eigenvalue weighted by Gasteiger charge is 2.53. The molecule has 6 rings (SSSR count). The van der Waals surface area contributed by atoms with Gasteiger partial charge in [0.15, 0.2) is 11.5 Å². The van der Waals surface area contributed by atoms with E-state index in [2.05, 4.69) is 72.0 Å². The van der Waals surface area contributed by atoms with Crippen LogP contribution in [0.5, 0.6) is 11.5 Å². The van der Waals surface area contributed by atoms with Crippen LogP contribution in [-0.2, 0) is 18.4 Å². The highest BCUT2D eigenvalue weighted by molar-refractivity contribution is 5.87. The Morgan fingerprint density at radius 1 is 0.879 bits per heavy atom. The van der Waals surface area contributed by atoms with Gasteiger partial charge in [0.25, 0.3) is 0 Å². The maximum atomic E-state index is 6.28. The van der Waals surface area contributed by atoms with Gasteiger partial charge in [-0.2, -0.15) is 0 Å². The highest BCUT2D eigenvalue weighted by Crippen LogP contribution is 2.59. The number of hydrogen-bond acceptors (Lipinski definition) is 3. The molecule has 0 spiro atoms. The van der Waals surface area contributed by atoms with Crippen molar-refractivity contribution in [2.45, 2.75) is 37.3 Å². The number of ether oxygens (including phenoxy) is 2. The van der Waals surface area contributed by atoms with Gasteiger partial charge in [0.05, 0.1) is 7.11 Å². The Morgan fingerprint density at radius 2 is 1.67 bits per heavy atom. The fraction of sp³-hybridized carbons (Fsp3) is 0.267. The van der Waals surface area contributed by atoms with Crippen molar-refractivity contribution >= 4 is 10.8 Å². The standard InChI is InChI=1S/C30H29NO2/c1-32-27-18-23-14-17-31-29(25(23)19-28(27)33-20-21-8-3-2-4-9-21)30(15-16-30)26-13-7-11-22-10-5-6-12-24(22)26/h2-13,18-19,29,31H,14-17,20H2,1H3. The fourth-order valence-corrected chi connectivity index (χ4v) is 5.57. The highest BCUT2D eigenvalue weighted by atomic mass is 16.5. The predicted octanol–water partition coefficient (Wildman–Crippen LogP) is 6.35. The van der Waals surface area contributed by atoms with Crippen LogP contribution in [0.1, 0.15) is 41.1 Å². The molecule has 166 valence electrons. The van der Waals surface area contributed by atoms with Crippen molar-refractivity contribution in [3.63, 3.8) is 0 Å². The summed E-state index contributed by atoms with van der Waals surface area (Å²) in [5.41, 5.74) is 5.47. The van der Waals surface area contributed by atoms with Gasteiger partial charge < -0.3 is 14.8 Å². The van der Waals surface area contributed by atoms with E-state index >= 15 is 0 Å². The normalized spacial score (nSPS) is 18.5. The van der Waals surface area contributed by atoms with E-state index in [0.29, 0.717) is 6.61 Å². The Labute approximate surface area is 195 Å². The topological polar surface area (TPSA) is 30.5 Å². The molecule has 0 bridgehead atoms. The van der Waals surface area contributed by atoms with Crippen molar-refractivity contribution in [1.29, 1.82) is 0 Å². The minimum absolute atomic E-state index is 0.126. The first kappa shape index (κ1) is 20.3. The third-order valence-electron chi connectivity index (χ3n) is 7.38. The molecule has 0 amide bonds. The molecule has 4 aromatic carbocycles. The molecule has 1 saturated carbocycles. The lowest BCUT2D eigenvalue weighted by Crippen LogP contribution is -2.38. The molecule has 2 aliphatic rings. The number of benzene rings is 4. The van der Waals surface area contributed by atoms with Gasteiger partial charge in [-0.05, 0) is 71.0 Å². The van der Waals surface area contributed by atoms with Crippen molar-refractivity contribution in [2.75, 3.05) is 13.7 Å². The van der Waals surface area contributed by atoms with Crippen LogP contribution in [0.4, 0.5) is 0 Å². The molecular weight excluding hydrogens is 406 g/mol. The van der Waals surface area contributed by atoms with Gasteiger partial charge in [0.2, 0.25) is 0 Å². The molecule has 1 aliphatic carbocycles. The van der Waals surface area contributed by atoms with E-state index in [-0.39, 0.29) is 11.5 Å². The fourth-order valence-electron chi connectivity index (χ4n) is 5.57. The summed E-state index contributed by atoms with van der Waals surface area (Å²) in [4.78, 5) is 0. The smallest absolute Gasteiger partial charge is 0.162 e. The number of rotatable bonds is 6. The third kappa shape index (κ3) is 3.57. The zero-order valence-electron chi connectivity index (χ0n) is 19.0. The van der Waals surface area contributed by atoms with Crippen LogP contribution in [0.2, 0.25) is 0 Å². The molecule has 1 aliphatic heterocycles. The van der Waals surface area contributed by atoms with E-state index in [1.165, 1.54) is 40.3 Å². The summed E-state index contributed by atoms with van der Waals surface area (Å²) in [6.07, 6.45) is 3.40. The van der Waals surface area contributed by atoms with Gasteiger partial charge >= 0.3 is 0 Å². The van der Waals surface area contributed by atoms with Gasteiger partial charge in [-0.1, -0.05) is 72.8 Å². The van der Waals surface area contributed by atoms with Gasteiger partial charge in [-0.3, -0.25) is 0 Å². The molecule has 1 N–H and O–H groups in total. The minimum atomic E-state index is 0.126. The van der Waals surface area contributed by atoms with Crippen LogP contribution in [0, 0.1) is 0 Å². The SMILES string of the molecule is COc1cc2c(cc1OCc1ccccc1)C(C1(c3cccc4ccccc34)CC1)NCC2. The average molecular weight is 436 g/mol.